The Morgan fingerprint density at radius 1 is 1.22 bits per heavy atom. The third kappa shape index (κ3) is 1.74. The highest BCUT2D eigenvalue weighted by Crippen LogP contribution is 2.23. The molecular weight excluding hydrogens is 296 g/mol. The Hall–Kier alpha value is -1.95. The third-order valence-electron chi connectivity index (χ3n) is 2.56. The normalized spacial score (nSPS) is 10.8. The average Bonchev–Trinajstić information content (AvgIpc) is 2.83. The van der Waals surface area contributed by atoms with Gasteiger partial charge in [0.05, 0.1) is 29.5 Å². The van der Waals surface area contributed by atoms with E-state index in [1.807, 2.05) is 24.3 Å². The van der Waals surface area contributed by atoms with Crippen LogP contribution < -0.4 is 4.74 Å². The van der Waals surface area contributed by atoms with E-state index < -0.39 is 0 Å². The van der Waals surface area contributed by atoms with Gasteiger partial charge in [-0.3, -0.25) is 0 Å². The van der Waals surface area contributed by atoms with Crippen molar-refractivity contribution < 1.29 is 4.74 Å². The lowest BCUT2D eigenvalue weighted by Crippen LogP contribution is -2.04. The minimum absolute atomic E-state index is 0.483. The van der Waals surface area contributed by atoms with Crippen LogP contribution in [0.4, 0.5) is 0 Å². The summed E-state index contributed by atoms with van der Waals surface area (Å²) in [5.74, 6) is 0.968. The van der Waals surface area contributed by atoms with Gasteiger partial charge in [-0.1, -0.05) is 18.2 Å². The van der Waals surface area contributed by atoms with Crippen molar-refractivity contribution >= 4 is 26.8 Å². The number of ether oxygens (including phenoxy) is 1. The summed E-state index contributed by atoms with van der Waals surface area (Å²) in [6, 6.07) is 7.89. The van der Waals surface area contributed by atoms with Gasteiger partial charge in [0.15, 0.2) is 0 Å². The van der Waals surface area contributed by atoms with Gasteiger partial charge in [0, 0.05) is 5.39 Å². The lowest BCUT2D eigenvalue weighted by atomic mass is 10.3. The van der Waals surface area contributed by atoms with Gasteiger partial charge in [0.1, 0.15) is 0 Å². The van der Waals surface area contributed by atoms with Gasteiger partial charge in [0.25, 0.3) is 5.95 Å². The summed E-state index contributed by atoms with van der Waals surface area (Å²) in [5, 5.41) is 5.34. The molecule has 5 nitrogen and oxygen atoms in total. The van der Waals surface area contributed by atoms with Gasteiger partial charge >= 0.3 is 0 Å². The van der Waals surface area contributed by atoms with Gasteiger partial charge < -0.3 is 4.74 Å². The smallest absolute Gasteiger partial charge is 0.254 e. The maximum atomic E-state index is 5.16. The molecule has 0 amide bonds. The van der Waals surface area contributed by atoms with Gasteiger partial charge in [0.2, 0.25) is 5.88 Å². The molecule has 6 heteroatoms. The Morgan fingerprint density at radius 3 is 2.89 bits per heavy atom. The van der Waals surface area contributed by atoms with Gasteiger partial charge in [-0.25, -0.2) is 4.98 Å². The van der Waals surface area contributed by atoms with Crippen LogP contribution in [-0.2, 0) is 0 Å². The zero-order valence-corrected chi connectivity index (χ0v) is 11.1. The number of aromatic nitrogens is 4. The third-order valence-corrected chi connectivity index (χ3v) is 3.10. The topological polar surface area (TPSA) is 52.8 Å². The summed E-state index contributed by atoms with van der Waals surface area (Å²) >= 11 is 3.32. The number of fused-ring (bicyclic) bond motifs is 1. The first-order chi connectivity index (χ1) is 8.79. The number of hydrogen-bond acceptors (Lipinski definition) is 4. The predicted octanol–water partition coefficient (Wildman–Crippen LogP) is 2.59. The molecule has 3 aromatic rings. The molecule has 0 bridgehead atoms. The van der Waals surface area contributed by atoms with Crippen molar-refractivity contribution in [1.29, 1.82) is 0 Å². The maximum absolute atomic E-state index is 5.16. The molecule has 0 saturated carbocycles. The molecule has 0 aliphatic carbocycles. The van der Waals surface area contributed by atoms with Crippen LogP contribution in [0.5, 0.6) is 5.88 Å². The Balaban J connectivity index is 2.20. The van der Waals surface area contributed by atoms with E-state index in [1.54, 1.807) is 24.2 Å². The zero-order chi connectivity index (χ0) is 12.5. The van der Waals surface area contributed by atoms with E-state index in [9.17, 15) is 0 Å². The molecule has 0 fully saturated rings. The number of methoxy groups -OCH3 is 1. The van der Waals surface area contributed by atoms with E-state index in [2.05, 4.69) is 31.0 Å². The second kappa shape index (κ2) is 4.38. The van der Waals surface area contributed by atoms with Crippen molar-refractivity contribution in [2.24, 2.45) is 0 Å². The molecule has 0 saturated heterocycles. The van der Waals surface area contributed by atoms with Crippen LogP contribution in [0.1, 0.15) is 0 Å². The summed E-state index contributed by atoms with van der Waals surface area (Å²) in [6.45, 7) is 0. The monoisotopic (exact) mass is 304 g/mol. The average molecular weight is 305 g/mol. The molecule has 0 spiro atoms. The van der Waals surface area contributed by atoms with E-state index in [4.69, 9.17) is 4.74 Å². The molecule has 3 rings (SSSR count). The van der Waals surface area contributed by atoms with Crippen molar-refractivity contribution in [2.75, 3.05) is 7.11 Å². The molecule has 90 valence electrons. The second-order valence-electron chi connectivity index (χ2n) is 3.64. The molecule has 2 aromatic heterocycles. The van der Waals surface area contributed by atoms with Crippen LogP contribution in [0.25, 0.3) is 16.9 Å². The Kier molecular flexibility index (Phi) is 2.71. The molecule has 0 atom stereocenters. The van der Waals surface area contributed by atoms with Crippen LogP contribution in [0.3, 0.4) is 0 Å². The van der Waals surface area contributed by atoms with E-state index in [0.717, 1.165) is 10.9 Å². The fraction of sp³-hybridized carbons (Fsp3) is 0.0833. The molecule has 2 heterocycles. The number of para-hydroxylation sites is 1. The van der Waals surface area contributed by atoms with Crippen molar-refractivity contribution in [3.8, 4) is 11.8 Å². The first kappa shape index (κ1) is 11.2. The minimum atomic E-state index is 0.483. The quantitative estimate of drug-likeness (QED) is 0.730. The fourth-order valence-corrected chi connectivity index (χ4v) is 2.07. The summed E-state index contributed by atoms with van der Waals surface area (Å²) in [6.07, 6.45) is 3.44. The summed E-state index contributed by atoms with van der Waals surface area (Å²) in [4.78, 5) is 8.55. The largest absolute Gasteiger partial charge is 0.480 e. The van der Waals surface area contributed by atoms with Crippen molar-refractivity contribution in [3.63, 3.8) is 0 Å². The van der Waals surface area contributed by atoms with Gasteiger partial charge in [-0.15, -0.1) is 0 Å². The fourth-order valence-electron chi connectivity index (χ4n) is 1.72. The van der Waals surface area contributed by atoms with E-state index in [1.165, 1.54) is 0 Å². The van der Waals surface area contributed by atoms with Gasteiger partial charge in [-0.2, -0.15) is 14.8 Å². The highest BCUT2D eigenvalue weighted by atomic mass is 79.9. The number of nitrogens with zero attached hydrogens (tertiary/aromatic N) is 4. The summed E-state index contributed by atoms with van der Waals surface area (Å²) in [7, 11) is 1.57. The predicted molar refractivity (Wildman–Crippen MR) is 70.9 cm³/mol. The maximum Gasteiger partial charge on any atom is 0.254 e. The zero-order valence-electron chi connectivity index (χ0n) is 9.54. The number of rotatable bonds is 2. The number of hydrogen-bond donors (Lipinski definition) is 0. The van der Waals surface area contributed by atoms with Crippen molar-refractivity contribution in [3.05, 3.63) is 41.1 Å². The minimum Gasteiger partial charge on any atom is -0.480 e. The molecular formula is C12H9BrN4O. The van der Waals surface area contributed by atoms with Crippen LogP contribution in [-0.4, -0.2) is 26.9 Å². The first-order valence-corrected chi connectivity index (χ1v) is 6.08. The number of halogens is 1. The van der Waals surface area contributed by atoms with E-state index >= 15 is 0 Å². The Bertz CT molecular complexity index is 710. The molecule has 0 aliphatic rings. The SMILES string of the molecule is COc1nc(-n2ncc3ccccc32)ncc1Br. The molecule has 18 heavy (non-hydrogen) atoms. The molecule has 0 radical (unpaired) electrons. The van der Waals surface area contributed by atoms with Crippen molar-refractivity contribution in [1.82, 2.24) is 19.7 Å². The summed E-state index contributed by atoms with van der Waals surface area (Å²) < 4.78 is 7.55. The Morgan fingerprint density at radius 2 is 2.06 bits per heavy atom. The lowest BCUT2D eigenvalue weighted by Gasteiger charge is -2.05. The molecule has 0 aliphatic heterocycles. The van der Waals surface area contributed by atoms with Crippen LogP contribution in [0.2, 0.25) is 0 Å². The Labute approximate surface area is 112 Å². The van der Waals surface area contributed by atoms with Crippen molar-refractivity contribution in [2.45, 2.75) is 0 Å². The molecule has 0 unspecified atom stereocenters. The second-order valence-corrected chi connectivity index (χ2v) is 4.50. The highest BCUT2D eigenvalue weighted by molar-refractivity contribution is 9.10. The van der Waals surface area contributed by atoms with E-state index in [-0.39, 0.29) is 0 Å². The van der Waals surface area contributed by atoms with Crippen LogP contribution in [0, 0.1) is 0 Å². The first-order valence-electron chi connectivity index (χ1n) is 5.29. The molecule has 1 aromatic carbocycles. The highest BCUT2D eigenvalue weighted by Gasteiger charge is 2.10. The van der Waals surface area contributed by atoms with Crippen LogP contribution in [0.15, 0.2) is 41.1 Å². The van der Waals surface area contributed by atoms with E-state index in [0.29, 0.717) is 16.3 Å². The van der Waals surface area contributed by atoms with Crippen LogP contribution >= 0.6 is 15.9 Å². The standard InChI is InChI=1S/C12H9BrN4O/c1-18-11-9(13)7-14-12(16-11)17-10-5-3-2-4-8(10)6-15-17/h2-7H,1H3. The number of benzene rings is 1. The lowest BCUT2D eigenvalue weighted by molar-refractivity contribution is 0.393. The molecule has 0 N–H and O–H groups in total. The van der Waals surface area contributed by atoms with Gasteiger partial charge in [-0.05, 0) is 22.0 Å². The summed E-state index contributed by atoms with van der Waals surface area (Å²) in [5.41, 5.74) is 0.960.